The van der Waals surface area contributed by atoms with Crippen LogP contribution >= 0.6 is 12.4 Å². The lowest BCUT2D eigenvalue weighted by atomic mass is 10.0. The summed E-state index contributed by atoms with van der Waals surface area (Å²) in [5, 5.41) is 18.0. The number of methoxy groups -OCH3 is 1. The number of likely N-dealkylation sites (tertiary alicyclic amines) is 1. The van der Waals surface area contributed by atoms with Gasteiger partial charge < -0.3 is 31.1 Å². The van der Waals surface area contributed by atoms with Gasteiger partial charge in [-0.25, -0.2) is 0 Å². The molecule has 5 N–H and O–H groups in total. The minimum Gasteiger partial charge on any atom is -0.391 e. The fourth-order valence-electron chi connectivity index (χ4n) is 4.24. The van der Waals surface area contributed by atoms with E-state index in [9.17, 15) is 19.5 Å². The summed E-state index contributed by atoms with van der Waals surface area (Å²) in [6, 6.07) is 12.1. The number of rotatable bonds is 10. The monoisotopic (exact) mass is 520 g/mol. The molecule has 9 nitrogen and oxygen atoms in total. The van der Waals surface area contributed by atoms with Crippen LogP contribution in [0.1, 0.15) is 32.3 Å². The topological polar surface area (TPSA) is 134 Å². The highest BCUT2D eigenvalue weighted by atomic mass is 35.5. The van der Waals surface area contributed by atoms with Crippen molar-refractivity contribution in [3.63, 3.8) is 0 Å². The van der Waals surface area contributed by atoms with Gasteiger partial charge in [-0.2, -0.15) is 0 Å². The predicted molar refractivity (Wildman–Crippen MR) is 141 cm³/mol. The summed E-state index contributed by atoms with van der Waals surface area (Å²) in [6.45, 7) is 4.09. The highest BCUT2D eigenvalue weighted by molar-refractivity contribution is 5.94. The standard InChI is InChI=1S/C26H36N4O5.ClH/c1-26(2,35-3)25(34)30-16-20(31)15-22(30)24(33)29-21(23(32)28-12-6-11-27)14-17-9-10-18-7-4-5-8-19(18)13-17;/h4-5,7-10,13,20-22,31H,6,11-12,14-16,27H2,1-3H3,(H,28,32)(H,29,33);1H/t20-,21-,22?;/m1./s1. The Bertz CT molecular complexity index is 1060. The highest BCUT2D eigenvalue weighted by Gasteiger charge is 2.44. The van der Waals surface area contributed by atoms with Crippen molar-refractivity contribution in [2.45, 2.75) is 56.9 Å². The molecular formula is C26H37ClN4O5. The Morgan fingerprint density at radius 1 is 1.19 bits per heavy atom. The van der Waals surface area contributed by atoms with Gasteiger partial charge in [0.05, 0.1) is 6.10 Å². The Kier molecular flexibility index (Phi) is 10.7. The van der Waals surface area contributed by atoms with E-state index < -0.39 is 35.6 Å². The number of amides is 3. The number of carbonyl (C=O) groups is 3. The first-order chi connectivity index (χ1) is 16.7. The van der Waals surface area contributed by atoms with Crippen LogP contribution in [0, 0.1) is 0 Å². The van der Waals surface area contributed by atoms with Gasteiger partial charge in [0.25, 0.3) is 5.91 Å². The molecule has 0 saturated carbocycles. The second-order valence-corrected chi connectivity index (χ2v) is 9.46. The molecule has 1 aliphatic heterocycles. The Hall–Kier alpha value is -2.72. The van der Waals surface area contributed by atoms with E-state index in [0.29, 0.717) is 19.5 Å². The molecule has 0 aliphatic carbocycles. The number of nitrogens with one attached hydrogen (secondary N) is 2. The van der Waals surface area contributed by atoms with E-state index in [2.05, 4.69) is 10.6 Å². The molecule has 0 bridgehead atoms. The maximum absolute atomic E-state index is 13.3. The summed E-state index contributed by atoms with van der Waals surface area (Å²) in [7, 11) is 1.42. The summed E-state index contributed by atoms with van der Waals surface area (Å²) in [6.07, 6.45) is 0.151. The molecule has 3 rings (SSSR count). The number of benzene rings is 2. The van der Waals surface area contributed by atoms with Gasteiger partial charge in [0, 0.05) is 33.0 Å². The molecule has 2 aromatic carbocycles. The molecule has 10 heteroatoms. The molecule has 1 saturated heterocycles. The molecule has 0 aromatic heterocycles. The van der Waals surface area contributed by atoms with Crippen molar-refractivity contribution in [2.24, 2.45) is 5.73 Å². The molecule has 1 heterocycles. The van der Waals surface area contributed by atoms with Crippen molar-refractivity contribution in [3.8, 4) is 0 Å². The summed E-state index contributed by atoms with van der Waals surface area (Å²) in [4.78, 5) is 40.6. The van der Waals surface area contributed by atoms with Gasteiger partial charge in [-0.15, -0.1) is 12.4 Å². The van der Waals surface area contributed by atoms with E-state index in [4.69, 9.17) is 10.5 Å². The van der Waals surface area contributed by atoms with Gasteiger partial charge in [0.15, 0.2) is 0 Å². The minimum atomic E-state index is -1.15. The maximum Gasteiger partial charge on any atom is 0.254 e. The number of hydrogen-bond donors (Lipinski definition) is 4. The second-order valence-electron chi connectivity index (χ2n) is 9.46. The van der Waals surface area contributed by atoms with Crippen LogP contribution in [0.5, 0.6) is 0 Å². The Morgan fingerprint density at radius 3 is 2.56 bits per heavy atom. The number of aliphatic hydroxyl groups excluding tert-OH is 1. The fourth-order valence-corrected chi connectivity index (χ4v) is 4.24. The summed E-state index contributed by atoms with van der Waals surface area (Å²) < 4.78 is 5.28. The van der Waals surface area contributed by atoms with E-state index in [1.807, 2.05) is 42.5 Å². The van der Waals surface area contributed by atoms with Crippen molar-refractivity contribution in [2.75, 3.05) is 26.7 Å². The summed E-state index contributed by atoms with van der Waals surface area (Å²) >= 11 is 0. The van der Waals surface area contributed by atoms with Crippen LogP contribution in [0.25, 0.3) is 10.8 Å². The molecule has 1 unspecified atom stereocenters. The first-order valence-corrected chi connectivity index (χ1v) is 12.0. The van der Waals surface area contributed by atoms with Crippen molar-refractivity contribution >= 4 is 40.9 Å². The molecule has 1 fully saturated rings. The Morgan fingerprint density at radius 2 is 1.89 bits per heavy atom. The van der Waals surface area contributed by atoms with Gasteiger partial charge in [-0.3, -0.25) is 14.4 Å². The van der Waals surface area contributed by atoms with E-state index >= 15 is 0 Å². The predicted octanol–water partition coefficient (Wildman–Crippen LogP) is 1.14. The number of nitrogens with zero attached hydrogens (tertiary/aromatic N) is 1. The molecule has 1 aliphatic rings. The largest absolute Gasteiger partial charge is 0.391 e. The molecule has 3 amide bonds. The van der Waals surface area contributed by atoms with Crippen LogP contribution in [0.15, 0.2) is 42.5 Å². The van der Waals surface area contributed by atoms with Crippen LogP contribution in [-0.2, 0) is 25.5 Å². The van der Waals surface area contributed by atoms with Gasteiger partial charge in [-0.05, 0) is 43.1 Å². The number of fused-ring (bicyclic) bond motifs is 1. The third-order valence-electron chi connectivity index (χ3n) is 6.43. The van der Waals surface area contributed by atoms with Gasteiger partial charge >= 0.3 is 0 Å². The molecule has 2 aromatic rings. The molecular weight excluding hydrogens is 484 g/mol. The van der Waals surface area contributed by atoms with Crippen molar-refractivity contribution < 1.29 is 24.2 Å². The molecule has 3 atom stereocenters. The lowest BCUT2D eigenvalue weighted by Gasteiger charge is -2.32. The van der Waals surface area contributed by atoms with E-state index in [1.165, 1.54) is 12.0 Å². The van der Waals surface area contributed by atoms with Crippen LogP contribution in [-0.4, -0.2) is 78.3 Å². The maximum atomic E-state index is 13.3. The van der Waals surface area contributed by atoms with Crippen LogP contribution < -0.4 is 16.4 Å². The number of β-amino-alcohol motifs (C(OH)–C–C–N with tert-alkyl or cyclic N) is 1. The molecule has 198 valence electrons. The fraction of sp³-hybridized carbons (Fsp3) is 0.500. The third kappa shape index (κ3) is 7.16. The van der Waals surface area contributed by atoms with E-state index in [1.54, 1.807) is 13.8 Å². The first kappa shape index (κ1) is 29.5. The number of nitrogens with two attached hydrogens (primary N) is 1. The smallest absolute Gasteiger partial charge is 0.254 e. The summed E-state index contributed by atoms with van der Waals surface area (Å²) in [5.74, 6) is -1.20. The molecule has 36 heavy (non-hydrogen) atoms. The second kappa shape index (κ2) is 13.0. The number of aliphatic hydroxyl groups is 1. The van der Waals surface area contributed by atoms with Gasteiger partial charge in [0.2, 0.25) is 11.8 Å². The van der Waals surface area contributed by atoms with Gasteiger partial charge in [-0.1, -0.05) is 42.5 Å². The average Bonchev–Trinajstić information content (AvgIpc) is 3.24. The Balaban J connectivity index is 0.00000456. The van der Waals surface area contributed by atoms with Crippen LogP contribution in [0.3, 0.4) is 0 Å². The number of carbonyl (C=O) groups excluding carboxylic acids is 3. The van der Waals surface area contributed by atoms with Crippen molar-refractivity contribution in [3.05, 3.63) is 48.0 Å². The van der Waals surface area contributed by atoms with Crippen LogP contribution in [0.2, 0.25) is 0 Å². The SMILES string of the molecule is COC(C)(C)C(=O)N1C[C@H](O)CC1C(=O)N[C@H](Cc1ccc2ccccc2c1)C(=O)NCCCN.Cl. The number of hydrogen-bond acceptors (Lipinski definition) is 6. The third-order valence-corrected chi connectivity index (χ3v) is 6.43. The zero-order valence-corrected chi connectivity index (χ0v) is 21.8. The van der Waals surface area contributed by atoms with Crippen molar-refractivity contribution in [1.29, 1.82) is 0 Å². The zero-order valence-electron chi connectivity index (χ0n) is 21.0. The van der Waals surface area contributed by atoms with Crippen molar-refractivity contribution in [1.82, 2.24) is 15.5 Å². The molecule has 0 spiro atoms. The summed E-state index contributed by atoms with van der Waals surface area (Å²) in [5.41, 5.74) is 5.29. The first-order valence-electron chi connectivity index (χ1n) is 12.0. The zero-order chi connectivity index (χ0) is 25.6. The molecule has 0 radical (unpaired) electrons. The van der Waals surface area contributed by atoms with Crippen LogP contribution in [0.4, 0.5) is 0 Å². The normalized spacial score (nSPS) is 18.4. The lowest BCUT2D eigenvalue weighted by molar-refractivity contribution is -0.154. The average molecular weight is 521 g/mol. The van der Waals surface area contributed by atoms with E-state index in [0.717, 1.165) is 16.3 Å². The number of halogens is 1. The number of ether oxygens (including phenoxy) is 1. The lowest BCUT2D eigenvalue weighted by Crippen LogP contribution is -2.56. The highest BCUT2D eigenvalue weighted by Crippen LogP contribution is 2.24. The Labute approximate surface area is 218 Å². The minimum absolute atomic E-state index is 0. The quantitative estimate of drug-likeness (QED) is 0.347. The van der Waals surface area contributed by atoms with E-state index in [-0.39, 0.29) is 37.7 Å². The van der Waals surface area contributed by atoms with Gasteiger partial charge in [0.1, 0.15) is 17.7 Å².